The highest BCUT2D eigenvalue weighted by Gasteiger charge is 2.12. The van der Waals surface area contributed by atoms with Gasteiger partial charge in [-0.1, -0.05) is 13.0 Å². The summed E-state index contributed by atoms with van der Waals surface area (Å²) in [5.74, 6) is 2.30. The van der Waals surface area contributed by atoms with E-state index < -0.39 is 0 Å². The lowest BCUT2D eigenvalue weighted by molar-refractivity contribution is 0.860. The maximum atomic E-state index is 5.93. The van der Waals surface area contributed by atoms with E-state index in [4.69, 9.17) is 5.73 Å². The van der Waals surface area contributed by atoms with E-state index in [9.17, 15) is 0 Å². The molecule has 0 saturated heterocycles. The van der Waals surface area contributed by atoms with Crippen molar-refractivity contribution in [2.75, 3.05) is 17.7 Å². The molecule has 0 unspecified atom stereocenters. The van der Waals surface area contributed by atoms with Gasteiger partial charge in [-0.25, -0.2) is 9.97 Å². The van der Waals surface area contributed by atoms with Gasteiger partial charge in [0.25, 0.3) is 0 Å². The van der Waals surface area contributed by atoms with Crippen molar-refractivity contribution in [3.05, 3.63) is 33.8 Å². The molecule has 0 fully saturated rings. The van der Waals surface area contributed by atoms with Gasteiger partial charge in [0.05, 0.1) is 6.54 Å². The van der Waals surface area contributed by atoms with Crippen molar-refractivity contribution in [2.24, 2.45) is 0 Å². The minimum atomic E-state index is 0.579. The van der Waals surface area contributed by atoms with Crippen molar-refractivity contribution in [1.82, 2.24) is 9.97 Å². The summed E-state index contributed by atoms with van der Waals surface area (Å²) < 4.78 is 0. The van der Waals surface area contributed by atoms with Crippen LogP contribution in [-0.2, 0) is 13.0 Å². The Bertz CT molecular complexity index is 522. The van der Waals surface area contributed by atoms with Gasteiger partial charge >= 0.3 is 0 Å². The molecule has 0 bridgehead atoms. The predicted octanol–water partition coefficient (Wildman–Crippen LogP) is 2.63. The number of hydrogen-bond acceptors (Lipinski definition) is 5. The van der Waals surface area contributed by atoms with Crippen LogP contribution in [-0.4, -0.2) is 17.0 Å². The van der Waals surface area contributed by atoms with Gasteiger partial charge in [-0.05, 0) is 18.4 Å². The minimum absolute atomic E-state index is 0.579. The molecule has 2 N–H and O–H groups in total. The van der Waals surface area contributed by atoms with Gasteiger partial charge in [0.1, 0.15) is 17.5 Å². The predicted molar refractivity (Wildman–Crippen MR) is 77.0 cm³/mol. The molecule has 2 rings (SSSR count). The van der Waals surface area contributed by atoms with E-state index >= 15 is 0 Å². The lowest BCUT2D eigenvalue weighted by Crippen LogP contribution is -2.20. The Balaban J connectivity index is 2.29. The van der Waals surface area contributed by atoms with E-state index in [2.05, 4.69) is 32.4 Å². The third-order valence-corrected chi connectivity index (χ3v) is 3.72. The average Bonchev–Trinajstić information content (AvgIpc) is 2.85. The summed E-state index contributed by atoms with van der Waals surface area (Å²) in [5.41, 5.74) is 6.88. The van der Waals surface area contributed by atoms with Crippen molar-refractivity contribution in [1.29, 1.82) is 0 Å². The molecule has 0 aliphatic heterocycles. The number of anilines is 2. The van der Waals surface area contributed by atoms with Gasteiger partial charge in [0, 0.05) is 23.9 Å². The molecule has 5 heteroatoms. The van der Waals surface area contributed by atoms with Gasteiger partial charge < -0.3 is 10.6 Å². The van der Waals surface area contributed by atoms with Crippen LogP contribution in [0.4, 0.5) is 11.6 Å². The van der Waals surface area contributed by atoms with Crippen LogP contribution in [0.25, 0.3) is 0 Å². The number of hydrogen-bond donors (Lipinski definition) is 1. The number of nitrogens with zero attached hydrogens (tertiary/aromatic N) is 3. The van der Waals surface area contributed by atoms with E-state index in [0.29, 0.717) is 5.82 Å². The second-order valence-electron chi connectivity index (χ2n) is 4.26. The number of nitrogen functional groups attached to an aromatic ring is 1. The minimum Gasteiger partial charge on any atom is -0.383 e. The third kappa shape index (κ3) is 2.61. The van der Waals surface area contributed by atoms with Gasteiger partial charge in [0.15, 0.2) is 0 Å². The van der Waals surface area contributed by atoms with Crippen molar-refractivity contribution >= 4 is 23.0 Å². The molecule has 2 heterocycles. The van der Waals surface area contributed by atoms with Crippen LogP contribution in [0.3, 0.4) is 0 Å². The van der Waals surface area contributed by atoms with Crippen LogP contribution in [0, 0.1) is 6.92 Å². The fourth-order valence-electron chi connectivity index (χ4n) is 1.81. The number of nitrogens with two attached hydrogens (primary N) is 1. The fourth-order valence-corrected chi connectivity index (χ4v) is 2.57. The largest absolute Gasteiger partial charge is 0.383 e. The van der Waals surface area contributed by atoms with Crippen LogP contribution >= 0.6 is 11.3 Å². The van der Waals surface area contributed by atoms with Gasteiger partial charge in [-0.2, -0.15) is 0 Å². The van der Waals surface area contributed by atoms with E-state index in [1.165, 1.54) is 4.88 Å². The Morgan fingerprint density at radius 1 is 1.39 bits per heavy atom. The highest BCUT2D eigenvalue weighted by molar-refractivity contribution is 7.09. The maximum Gasteiger partial charge on any atom is 0.137 e. The van der Waals surface area contributed by atoms with E-state index in [1.807, 2.05) is 20.9 Å². The van der Waals surface area contributed by atoms with E-state index in [1.54, 1.807) is 11.3 Å². The molecular formula is C13H18N4S. The van der Waals surface area contributed by atoms with Crippen molar-refractivity contribution < 1.29 is 0 Å². The maximum absolute atomic E-state index is 5.93. The summed E-state index contributed by atoms with van der Waals surface area (Å²) in [4.78, 5) is 12.3. The first kappa shape index (κ1) is 12.8. The van der Waals surface area contributed by atoms with E-state index in [-0.39, 0.29) is 0 Å². The van der Waals surface area contributed by atoms with Crippen LogP contribution in [0.5, 0.6) is 0 Å². The normalized spacial score (nSPS) is 10.6. The SMILES string of the molecule is CCc1nc(N)c(C)c(N(C)Cc2cccs2)n1. The molecular weight excluding hydrogens is 244 g/mol. The quantitative estimate of drug-likeness (QED) is 0.920. The third-order valence-electron chi connectivity index (χ3n) is 2.85. The molecule has 0 amide bonds. The molecule has 0 aliphatic carbocycles. The zero-order valence-corrected chi connectivity index (χ0v) is 11.8. The Hall–Kier alpha value is -1.62. The standard InChI is InChI=1S/C13H18N4S/c1-4-11-15-12(14)9(2)13(16-11)17(3)8-10-6-5-7-18-10/h5-7H,4,8H2,1-3H3,(H2,14,15,16). The molecule has 0 atom stereocenters. The Labute approximate surface area is 111 Å². The summed E-state index contributed by atoms with van der Waals surface area (Å²) in [6.45, 7) is 4.85. The van der Waals surface area contributed by atoms with Crippen molar-refractivity contribution in [3.8, 4) is 0 Å². The molecule has 2 aromatic rings. The number of thiophene rings is 1. The highest BCUT2D eigenvalue weighted by atomic mass is 32.1. The molecule has 0 aliphatic rings. The molecule has 96 valence electrons. The lowest BCUT2D eigenvalue weighted by atomic mass is 10.2. The monoisotopic (exact) mass is 262 g/mol. The topological polar surface area (TPSA) is 55.0 Å². The van der Waals surface area contributed by atoms with E-state index in [0.717, 1.165) is 30.2 Å². The van der Waals surface area contributed by atoms with Crippen LogP contribution < -0.4 is 10.6 Å². The number of aromatic nitrogens is 2. The lowest BCUT2D eigenvalue weighted by Gasteiger charge is -2.20. The van der Waals surface area contributed by atoms with Gasteiger partial charge in [0.2, 0.25) is 0 Å². The Morgan fingerprint density at radius 2 is 2.17 bits per heavy atom. The number of rotatable bonds is 4. The van der Waals surface area contributed by atoms with Crippen molar-refractivity contribution in [2.45, 2.75) is 26.8 Å². The first-order chi connectivity index (χ1) is 8.61. The van der Waals surface area contributed by atoms with Gasteiger partial charge in [-0.15, -0.1) is 11.3 Å². The first-order valence-electron chi connectivity index (χ1n) is 5.98. The smallest absolute Gasteiger partial charge is 0.137 e. The highest BCUT2D eigenvalue weighted by Crippen LogP contribution is 2.23. The second-order valence-corrected chi connectivity index (χ2v) is 5.29. The first-order valence-corrected chi connectivity index (χ1v) is 6.86. The summed E-state index contributed by atoms with van der Waals surface area (Å²) >= 11 is 1.75. The molecule has 0 aromatic carbocycles. The summed E-state index contributed by atoms with van der Waals surface area (Å²) in [5, 5.41) is 2.09. The summed E-state index contributed by atoms with van der Waals surface area (Å²) in [6, 6.07) is 4.19. The second kappa shape index (κ2) is 5.35. The van der Waals surface area contributed by atoms with Crippen molar-refractivity contribution in [3.63, 3.8) is 0 Å². The molecule has 0 spiro atoms. The Kier molecular flexibility index (Phi) is 3.81. The molecule has 0 saturated carbocycles. The molecule has 18 heavy (non-hydrogen) atoms. The molecule has 2 aromatic heterocycles. The molecule has 0 radical (unpaired) electrons. The number of aryl methyl sites for hydroxylation is 1. The average molecular weight is 262 g/mol. The van der Waals surface area contributed by atoms with Crippen LogP contribution in [0.1, 0.15) is 23.2 Å². The Morgan fingerprint density at radius 3 is 2.78 bits per heavy atom. The van der Waals surface area contributed by atoms with Crippen LogP contribution in [0.15, 0.2) is 17.5 Å². The fraction of sp³-hybridized carbons (Fsp3) is 0.385. The summed E-state index contributed by atoms with van der Waals surface area (Å²) in [6.07, 6.45) is 0.796. The molecule has 4 nitrogen and oxygen atoms in total. The zero-order chi connectivity index (χ0) is 13.1. The zero-order valence-electron chi connectivity index (χ0n) is 11.0. The summed E-state index contributed by atoms with van der Waals surface area (Å²) in [7, 11) is 2.04. The van der Waals surface area contributed by atoms with Crippen LogP contribution in [0.2, 0.25) is 0 Å². The van der Waals surface area contributed by atoms with Gasteiger partial charge in [-0.3, -0.25) is 0 Å².